The highest BCUT2D eigenvalue weighted by Crippen LogP contribution is 2.36. The van der Waals surface area contributed by atoms with Gasteiger partial charge in [0, 0.05) is 22.8 Å². The van der Waals surface area contributed by atoms with E-state index in [0.29, 0.717) is 39.8 Å². The number of hydrogen-bond donors (Lipinski definition) is 1. The van der Waals surface area contributed by atoms with Crippen LogP contribution >= 0.6 is 0 Å². The third-order valence-corrected chi connectivity index (χ3v) is 4.42. The number of allylic oxidation sites excluding steroid dienone is 1. The molecule has 0 amide bonds. The maximum absolute atomic E-state index is 13.2. The molecule has 150 valence electrons. The molecule has 0 atom stereocenters. The Morgan fingerprint density at radius 3 is 1.93 bits per heavy atom. The summed E-state index contributed by atoms with van der Waals surface area (Å²) >= 11 is 0. The highest BCUT2D eigenvalue weighted by molar-refractivity contribution is 6.12. The van der Waals surface area contributed by atoms with Gasteiger partial charge in [-0.15, -0.1) is 0 Å². The number of hydrogen-bond acceptors (Lipinski definition) is 6. The molecule has 0 fully saturated rings. The summed E-state index contributed by atoms with van der Waals surface area (Å²) in [6.07, 6.45) is 1.81. The Hall–Kier alpha value is -3.15. The van der Waals surface area contributed by atoms with Gasteiger partial charge in [0.25, 0.3) is 0 Å². The largest absolute Gasteiger partial charge is 0.496 e. The summed E-state index contributed by atoms with van der Waals surface area (Å²) in [5.41, 5.74) is 8.22. The van der Waals surface area contributed by atoms with Crippen molar-refractivity contribution in [2.75, 3.05) is 34.2 Å². The molecular formula is C22H27NO5. The molecule has 0 bridgehead atoms. The van der Waals surface area contributed by atoms with E-state index in [-0.39, 0.29) is 11.7 Å². The van der Waals surface area contributed by atoms with Gasteiger partial charge in [0.1, 0.15) is 11.5 Å². The number of rotatable bonds is 8. The van der Waals surface area contributed by atoms with E-state index in [4.69, 9.17) is 24.7 Å². The van der Waals surface area contributed by atoms with Crippen molar-refractivity contribution in [1.82, 2.24) is 0 Å². The molecule has 0 heterocycles. The van der Waals surface area contributed by atoms with E-state index in [2.05, 4.69) is 0 Å². The van der Waals surface area contributed by atoms with Crippen LogP contribution in [0.5, 0.6) is 23.0 Å². The zero-order valence-corrected chi connectivity index (χ0v) is 17.2. The lowest BCUT2D eigenvalue weighted by Crippen LogP contribution is -2.10. The lowest BCUT2D eigenvalue weighted by molar-refractivity contribution is 0.102. The summed E-state index contributed by atoms with van der Waals surface area (Å²) < 4.78 is 21.3. The van der Waals surface area contributed by atoms with Crippen molar-refractivity contribution in [2.45, 2.75) is 13.8 Å². The molecule has 2 aromatic carbocycles. The number of ether oxygens (including phenoxy) is 4. The van der Waals surface area contributed by atoms with Gasteiger partial charge in [0.2, 0.25) is 0 Å². The maximum Gasteiger partial charge on any atom is 0.189 e. The van der Waals surface area contributed by atoms with Crippen LogP contribution in [-0.2, 0) is 0 Å². The molecule has 2 rings (SSSR count). The van der Waals surface area contributed by atoms with E-state index in [1.54, 1.807) is 51.7 Å². The number of carbonyl (C=O) groups excluding carboxylic acids is 1. The molecule has 2 N–H and O–H groups in total. The number of nitrogens with two attached hydrogens (primary N) is 1. The molecule has 6 nitrogen and oxygen atoms in total. The molecule has 0 saturated heterocycles. The van der Waals surface area contributed by atoms with Crippen molar-refractivity contribution in [2.24, 2.45) is 5.92 Å². The van der Waals surface area contributed by atoms with E-state index in [1.807, 2.05) is 19.9 Å². The predicted octanol–water partition coefficient (Wildman–Crippen LogP) is 4.23. The standard InChI is InChI=1S/C22H27NO5/c1-13(2)16(22(24)14-7-8-18(25-3)17(23)10-14)9-15-11-20(27-5)21(28-6)12-19(15)26-4/h7-13H,23H2,1-6H3/b16-9+. The maximum atomic E-state index is 13.2. The van der Waals surface area contributed by atoms with Crippen LogP contribution in [0.2, 0.25) is 0 Å². The Labute approximate surface area is 165 Å². The van der Waals surface area contributed by atoms with E-state index in [0.717, 1.165) is 5.56 Å². The van der Waals surface area contributed by atoms with Crippen LogP contribution in [-0.4, -0.2) is 34.2 Å². The Balaban J connectivity index is 2.55. The van der Waals surface area contributed by atoms with Gasteiger partial charge in [0.15, 0.2) is 17.3 Å². The highest BCUT2D eigenvalue weighted by atomic mass is 16.5. The molecule has 0 saturated carbocycles. The van der Waals surface area contributed by atoms with Gasteiger partial charge in [-0.1, -0.05) is 13.8 Å². The molecule has 0 aliphatic heterocycles. The monoisotopic (exact) mass is 385 g/mol. The first kappa shape index (κ1) is 21.2. The number of anilines is 1. The summed E-state index contributed by atoms with van der Waals surface area (Å²) in [5.74, 6) is 2.09. The van der Waals surface area contributed by atoms with Gasteiger partial charge in [0.05, 0.1) is 34.1 Å². The summed E-state index contributed by atoms with van der Waals surface area (Å²) in [6, 6.07) is 8.55. The quantitative estimate of drug-likeness (QED) is 0.416. The minimum atomic E-state index is -0.110. The third-order valence-electron chi connectivity index (χ3n) is 4.42. The normalized spacial score (nSPS) is 11.3. The van der Waals surface area contributed by atoms with E-state index in [9.17, 15) is 4.79 Å². The van der Waals surface area contributed by atoms with Crippen molar-refractivity contribution >= 4 is 17.5 Å². The molecular weight excluding hydrogens is 358 g/mol. The van der Waals surface area contributed by atoms with E-state index < -0.39 is 0 Å². The molecule has 2 aromatic rings. The molecule has 0 spiro atoms. The Bertz CT molecular complexity index is 887. The van der Waals surface area contributed by atoms with Crippen molar-refractivity contribution in [3.8, 4) is 23.0 Å². The van der Waals surface area contributed by atoms with Crippen molar-refractivity contribution in [3.05, 3.63) is 47.0 Å². The topological polar surface area (TPSA) is 80.0 Å². The van der Waals surface area contributed by atoms with Crippen LogP contribution in [0, 0.1) is 5.92 Å². The van der Waals surface area contributed by atoms with E-state index >= 15 is 0 Å². The molecule has 6 heteroatoms. The third kappa shape index (κ3) is 4.39. The second-order valence-electron chi connectivity index (χ2n) is 6.49. The van der Waals surface area contributed by atoms with Crippen LogP contribution in [0.1, 0.15) is 29.8 Å². The van der Waals surface area contributed by atoms with Gasteiger partial charge < -0.3 is 24.7 Å². The number of nitrogen functional groups attached to an aromatic ring is 1. The van der Waals surface area contributed by atoms with Gasteiger partial charge >= 0.3 is 0 Å². The average Bonchev–Trinajstić information content (AvgIpc) is 2.70. The van der Waals surface area contributed by atoms with Crippen LogP contribution in [0.15, 0.2) is 35.9 Å². The zero-order chi connectivity index (χ0) is 20.8. The van der Waals surface area contributed by atoms with Gasteiger partial charge in [-0.3, -0.25) is 4.79 Å². The summed E-state index contributed by atoms with van der Waals surface area (Å²) in [5, 5.41) is 0. The van der Waals surface area contributed by atoms with E-state index in [1.165, 1.54) is 7.11 Å². The average molecular weight is 385 g/mol. The minimum absolute atomic E-state index is 0.0198. The number of methoxy groups -OCH3 is 4. The van der Waals surface area contributed by atoms with Crippen molar-refractivity contribution < 1.29 is 23.7 Å². The minimum Gasteiger partial charge on any atom is -0.496 e. The zero-order valence-electron chi connectivity index (χ0n) is 17.2. The smallest absolute Gasteiger partial charge is 0.189 e. The van der Waals surface area contributed by atoms with Gasteiger partial charge in [-0.2, -0.15) is 0 Å². The fraction of sp³-hybridized carbons (Fsp3) is 0.318. The molecule has 0 aromatic heterocycles. The molecule has 0 radical (unpaired) electrons. The Morgan fingerprint density at radius 1 is 0.857 bits per heavy atom. The first-order valence-electron chi connectivity index (χ1n) is 8.86. The molecule has 0 aliphatic carbocycles. The fourth-order valence-electron chi connectivity index (χ4n) is 2.87. The second kappa shape index (κ2) is 9.17. The van der Waals surface area contributed by atoms with Crippen LogP contribution in [0.4, 0.5) is 5.69 Å². The summed E-state index contributed by atoms with van der Waals surface area (Å²) in [4.78, 5) is 13.2. The number of ketones is 1. The lowest BCUT2D eigenvalue weighted by Gasteiger charge is -2.15. The second-order valence-corrected chi connectivity index (χ2v) is 6.49. The van der Waals surface area contributed by atoms with Gasteiger partial charge in [-0.25, -0.2) is 0 Å². The SMILES string of the molecule is COc1ccc(C(=O)/C(=C/c2cc(OC)c(OC)cc2OC)C(C)C)cc1N. The Kier molecular flexibility index (Phi) is 6.93. The van der Waals surface area contributed by atoms with Crippen molar-refractivity contribution in [3.63, 3.8) is 0 Å². The van der Waals surface area contributed by atoms with Crippen molar-refractivity contribution in [1.29, 1.82) is 0 Å². The molecule has 28 heavy (non-hydrogen) atoms. The van der Waals surface area contributed by atoms with Crippen LogP contribution in [0.25, 0.3) is 6.08 Å². The Morgan fingerprint density at radius 2 is 1.43 bits per heavy atom. The highest BCUT2D eigenvalue weighted by Gasteiger charge is 2.19. The molecule has 0 unspecified atom stereocenters. The molecule has 0 aliphatic rings. The van der Waals surface area contributed by atoms with Gasteiger partial charge in [-0.05, 0) is 36.3 Å². The summed E-state index contributed by atoms with van der Waals surface area (Å²) in [7, 11) is 6.23. The number of Topliss-reactive ketones (excluding diaryl/α,β-unsaturated/α-hetero) is 1. The first-order chi connectivity index (χ1) is 13.4. The lowest BCUT2D eigenvalue weighted by atomic mass is 9.92. The predicted molar refractivity (Wildman–Crippen MR) is 111 cm³/mol. The van der Waals surface area contributed by atoms with Crippen LogP contribution in [0.3, 0.4) is 0 Å². The van der Waals surface area contributed by atoms with Crippen LogP contribution < -0.4 is 24.7 Å². The first-order valence-corrected chi connectivity index (χ1v) is 8.86. The number of benzene rings is 2. The summed E-state index contributed by atoms with van der Waals surface area (Å²) in [6.45, 7) is 3.92. The number of carbonyl (C=O) groups is 1. The fourth-order valence-corrected chi connectivity index (χ4v) is 2.87.